The molecule has 0 bridgehead atoms. The van der Waals surface area contributed by atoms with Crippen LogP contribution in [0.1, 0.15) is 51.9 Å². The molecule has 0 saturated carbocycles. The van der Waals surface area contributed by atoms with Crippen LogP contribution in [0, 0.1) is 0 Å². The van der Waals surface area contributed by atoms with E-state index >= 15 is 0 Å². The molecule has 1 unspecified atom stereocenters. The summed E-state index contributed by atoms with van der Waals surface area (Å²) in [6.45, 7) is 2.37. The molecule has 0 aromatic rings. The topological polar surface area (TPSA) is 91.8 Å². The second-order valence-corrected chi connectivity index (χ2v) is 6.46. The van der Waals surface area contributed by atoms with Gasteiger partial charge in [0.2, 0.25) is 5.91 Å². The quantitative estimate of drug-likeness (QED) is 0.414. The zero-order valence-electron chi connectivity index (χ0n) is 11.2. The van der Waals surface area contributed by atoms with Crippen LogP contribution in [-0.4, -0.2) is 41.5 Å². The van der Waals surface area contributed by atoms with E-state index in [0.29, 0.717) is 6.42 Å². The SMILES string of the molecule is CCCCCCCCN1C(=O)CC(S(=O)(=O)O)C1=O. The molecule has 1 heterocycles. The Morgan fingerprint density at radius 3 is 2.26 bits per heavy atom. The second-order valence-electron chi connectivity index (χ2n) is 4.86. The van der Waals surface area contributed by atoms with E-state index in [1.165, 1.54) is 6.42 Å². The first-order valence-corrected chi connectivity index (χ1v) is 8.18. The van der Waals surface area contributed by atoms with Crippen molar-refractivity contribution in [3.8, 4) is 0 Å². The van der Waals surface area contributed by atoms with Gasteiger partial charge in [-0.3, -0.25) is 19.0 Å². The molecule has 0 aromatic carbocycles. The van der Waals surface area contributed by atoms with Crippen molar-refractivity contribution < 1.29 is 22.6 Å². The minimum Gasteiger partial charge on any atom is -0.285 e. The molecule has 1 atom stereocenters. The van der Waals surface area contributed by atoms with Crippen LogP contribution in [0.5, 0.6) is 0 Å². The number of unbranched alkanes of at least 4 members (excludes halogenated alkanes) is 5. The van der Waals surface area contributed by atoms with Gasteiger partial charge in [-0.2, -0.15) is 8.42 Å². The average molecular weight is 291 g/mol. The van der Waals surface area contributed by atoms with Gasteiger partial charge in [0.05, 0.1) is 6.42 Å². The predicted molar refractivity (Wildman–Crippen MR) is 70.0 cm³/mol. The molecule has 1 saturated heterocycles. The lowest BCUT2D eigenvalue weighted by Gasteiger charge is -2.13. The normalized spacial score (nSPS) is 20.3. The zero-order chi connectivity index (χ0) is 14.5. The van der Waals surface area contributed by atoms with Gasteiger partial charge in [-0.15, -0.1) is 0 Å². The van der Waals surface area contributed by atoms with E-state index in [-0.39, 0.29) is 6.54 Å². The zero-order valence-corrected chi connectivity index (χ0v) is 12.0. The third-order valence-electron chi connectivity index (χ3n) is 3.30. The number of imide groups is 1. The fraction of sp³-hybridized carbons (Fsp3) is 0.833. The Morgan fingerprint density at radius 2 is 1.74 bits per heavy atom. The average Bonchev–Trinajstić information content (AvgIpc) is 2.60. The fourth-order valence-electron chi connectivity index (χ4n) is 2.17. The van der Waals surface area contributed by atoms with E-state index in [2.05, 4.69) is 6.92 Å². The summed E-state index contributed by atoms with van der Waals surface area (Å²) in [7, 11) is -4.47. The predicted octanol–water partition coefficient (Wildman–Crippen LogP) is 1.36. The maximum Gasteiger partial charge on any atom is 0.277 e. The number of carbonyl (C=O) groups excluding carboxylic acids is 2. The van der Waals surface area contributed by atoms with Crippen molar-refractivity contribution in [1.82, 2.24) is 4.90 Å². The van der Waals surface area contributed by atoms with E-state index in [9.17, 15) is 18.0 Å². The summed E-state index contributed by atoms with van der Waals surface area (Å²) in [5, 5.41) is -1.60. The smallest absolute Gasteiger partial charge is 0.277 e. The van der Waals surface area contributed by atoms with E-state index < -0.39 is 33.6 Å². The molecule has 1 aliphatic heterocycles. The number of likely N-dealkylation sites (tertiary alicyclic amines) is 1. The van der Waals surface area contributed by atoms with E-state index in [1.54, 1.807) is 0 Å². The molecule has 1 rings (SSSR count). The van der Waals surface area contributed by atoms with Crippen LogP contribution in [0.15, 0.2) is 0 Å². The molecule has 0 spiro atoms. The van der Waals surface area contributed by atoms with Gasteiger partial charge in [0.25, 0.3) is 16.0 Å². The van der Waals surface area contributed by atoms with Crippen LogP contribution in [0.25, 0.3) is 0 Å². The molecule has 110 valence electrons. The van der Waals surface area contributed by atoms with Crippen molar-refractivity contribution in [2.45, 2.75) is 57.1 Å². The van der Waals surface area contributed by atoms with Gasteiger partial charge >= 0.3 is 0 Å². The van der Waals surface area contributed by atoms with Crippen molar-refractivity contribution in [2.24, 2.45) is 0 Å². The number of amides is 2. The first kappa shape index (κ1) is 16.1. The minimum atomic E-state index is -4.47. The Balaban J connectivity index is 2.39. The highest BCUT2D eigenvalue weighted by Gasteiger charge is 2.45. The third kappa shape index (κ3) is 4.58. The van der Waals surface area contributed by atoms with Gasteiger partial charge in [0.1, 0.15) is 0 Å². The molecule has 1 fully saturated rings. The van der Waals surface area contributed by atoms with E-state index in [0.717, 1.165) is 30.6 Å². The van der Waals surface area contributed by atoms with Gasteiger partial charge < -0.3 is 0 Å². The lowest BCUT2D eigenvalue weighted by Crippen LogP contribution is -2.35. The standard InChI is InChI=1S/C12H21NO5S/c1-2-3-4-5-6-7-8-13-11(14)9-10(12(13)15)19(16,17)18/h10H,2-9H2,1H3,(H,16,17,18). The Morgan fingerprint density at radius 1 is 1.16 bits per heavy atom. The third-order valence-corrected chi connectivity index (χ3v) is 4.38. The highest BCUT2D eigenvalue weighted by Crippen LogP contribution is 2.20. The van der Waals surface area contributed by atoms with Crippen molar-refractivity contribution in [1.29, 1.82) is 0 Å². The lowest BCUT2D eigenvalue weighted by molar-refractivity contribution is -0.138. The molecule has 0 radical (unpaired) electrons. The molecule has 0 aromatic heterocycles. The number of carbonyl (C=O) groups is 2. The van der Waals surface area contributed by atoms with Gasteiger partial charge in [0.15, 0.2) is 5.25 Å². The monoisotopic (exact) mass is 291 g/mol. The summed E-state index contributed by atoms with van der Waals surface area (Å²) < 4.78 is 30.7. The van der Waals surface area contributed by atoms with Crippen molar-refractivity contribution in [3.05, 3.63) is 0 Å². The summed E-state index contributed by atoms with van der Waals surface area (Å²) >= 11 is 0. The maximum absolute atomic E-state index is 11.7. The molecular weight excluding hydrogens is 270 g/mol. The number of hydrogen-bond acceptors (Lipinski definition) is 4. The van der Waals surface area contributed by atoms with Crippen LogP contribution in [0.4, 0.5) is 0 Å². The number of hydrogen-bond donors (Lipinski definition) is 1. The molecule has 19 heavy (non-hydrogen) atoms. The summed E-state index contributed by atoms with van der Waals surface area (Å²) in [5.74, 6) is -1.30. The van der Waals surface area contributed by atoms with E-state index in [1.807, 2.05) is 0 Å². The van der Waals surface area contributed by atoms with Crippen LogP contribution in [-0.2, 0) is 19.7 Å². The molecule has 1 aliphatic rings. The highest BCUT2D eigenvalue weighted by molar-refractivity contribution is 7.87. The van der Waals surface area contributed by atoms with Gasteiger partial charge in [-0.05, 0) is 6.42 Å². The van der Waals surface area contributed by atoms with Crippen LogP contribution in [0.2, 0.25) is 0 Å². The lowest BCUT2D eigenvalue weighted by atomic mass is 10.1. The Bertz CT molecular complexity index is 431. The Labute approximate surface area is 113 Å². The Kier molecular flexibility index (Phi) is 5.93. The maximum atomic E-state index is 11.7. The summed E-state index contributed by atoms with van der Waals surface area (Å²) in [5.41, 5.74) is 0. The van der Waals surface area contributed by atoms with Crippen molar-refractivity contribution >= 4 is 21.9 Å². The number of nitrogens with zero attached hydrogens (tertiary/aromatic N) is 1. The van der Waals surface area contributed by atoms with Gasteiger partial charge in [-0.25, -0.2) is 0 Å². The van der Waals surface area contributed by atoms with Crippen molar-refractivity contribution in [3.63, 3.8) is 0 Å². The highest BCUT2D eigenvalue weighted by atomic mass is 32.2. The Hall–Kier alpha value is -0.950. The van der Waals surface area contributed by atoms with Crippen LogP contribution in [0.3, 0.4) is 0 Å². The molecule has 0 aliphatic carbocycles. The summed E-state index contributed by atoms with van der Waals surface area (Å²) in [6, 6.07) is 0. The molecule has 1 N–H and O–H groups in total. The summed E-state index contributed by atoms with van der Waals surface area (Å²) in [4.78, 5) is 24.2. The largest absolute Gasteiger partial charge is 0.285 e. The molecule has 2 amide bonds. The minimum absolute atomic E-state index is 0.246. The molecule has 7 heteroatoms. The summed E-state index contributed by atoms with van der Waals surface area (Å²) in [6.07, 6.45) is 5.66. The first-order valence-electron chi connectivity index (χ1n) is 6.68. The van der Waals surface area contributed by atoms with Crippen LogP contribution >= 0.6 is 0 Å². The van der Waals surface area contributed by atoms with Gasteiger partial charge in [0, 0.05) is 6.54 Å². The number of rotatable bonds is 8. The van der Waals surface area contributed by atoms with Crippen LogP contribution < -0.4 is 0 Å². The first-order chi connectivity index (χ1) is 8.88. The van der Waals surface area contributed by atoms with Crippen molar-refractivity contribution in [2.75, 3.05) is 6.54 Å². The van der Waals surface area contributed by atoms with Gasteiger partial charge in [-0.1, -0.05) is 39.0 Å². The molecule has 6 nitrogen and oxygen atoms in total. The molecular formula is C12H21NO5S. The fourth-order valence-corrected chi connectivity index (χ4v) is 2.91. The van der Waals surface area contributed by atoms with E-state index in [4.69, 9.17) is 4.55 Å². The second kappa shape index (κ2) is 7.00.